The smallest absolute Gasteiger partial charge is 0.271 e. The summed E-state index contributed by atoms with van der Waals surface area (Å²) in [5.41, 5.74) is 0.460. The molecule has 2 fully saturated rings. The molecule has 3 rings (SSSR count). The van der Waals surface area contributed by atoms with Crippen LogP contribution in [0.25, 0.3) is 0 Å². The first-order chi connectivity index (χ1) is 12.1. The highest BCUT2D eigenvalue weighted by Crippen LogP contribution is 2.13. The summed E-state index contributed by atoms with van der Waals surface area (Å²) in [6.45, 7) is 4.05. The molecule has 1 aromatic rings. The van der Waals surface area contributed by atoms with E-state index in [1.54, 1.807) is 24.0 Å². The number of carbonyl (C=O) groups excluding carboxylic acids is 2. The van der Waals surface area contributed by atoms with E-state index in [1.165, 1.54) is 12.8 Å². The third-order valence-corrected chi connectivity index (χ3v) is 5.19. The number of amides is 2. The Morgan fingerprint density at radius 3 is 2.40 bits per heavy atom. The van der Waals surface area contributed by atoms with Crippen LogP contribution in [-0.4, -0.2) is 70.2 Å². The SMILES string of the molecule is Cn1ccc(C(=O)NC2CCN(CC(=O)N3CCCCCC3)CC2)n1. The molecule has 2 saturated heterocycles. The lowest BCUT2D eigenvalue weighted by Crippen LogP contribution is -2.48. The molecule has 7 heteroatoms. The zero-order valence-corrected chi connectivity index (χ0v) is 15.1. The molecule has 0 atom stereocenters. The fraction of sp³-hybridized carbons (Fsp3) is 0.722. The van der Waals surface area contributed by atoms with Crippen molar-refractivity contribution < 1.29 is 9.59 Å². The maximum atomic E-state index is 12.5. The van der Waals surface area contributed by atoms with E-state index < -0.39 is 0 Å². The van der Waals surface area contributed by atoms with E-state index in [1.807, 2.05) is 4.90 Å². The molecule has 138 valence electrons. The van der Waals surface area contributed by atoms with Crippen molar-refractivity contribution in [2.45, 2.75) is 44.6 Å². The minimum atomic E-state index is -0.111. The summed E-state index contributed by atoms with van der Waals surface area (Å²) >= 11 is 0. The molecule has 0 bridgehead atoms. The molecule has 2 aliphatic rings. The van der Waals surface area contributed by atoms with Gasteiger partial charge in [0.2, 0.25) is 5.91 Å². The Bertz CT molecular complexity index is 584. The van der Waals surface area contributed by atoms with E-state index in [-0.39, 0.29) is 17.9 Å². The van der Waals surface area contributed by atoms with Crippen molar-refractivity contribution >= 4 is 11.8 Å². The topological polar surface area (TPSA) is 70.5 Å². The number of aryl methyl sites for hydroxylation is 1. The zero-order valence-electron chi connectivity index (χ0n) is 15.1. The molecular formula is C18H29N5O2. The number of aromatic nitrogens is 2. The van der Waals surface area contributed by atoms with Crippen molar-refractivity contribution in [1.29, 1.82) is 0 Å². The molecule has 25 heavy (non-hydrogen) atoms. The van der Waals surface area contributed by atoms with Crippen LogP contribution in [0, 0.1) is 0 Å². The fourth-order valence-corrected chi connectivity index (χ4v) is 3.64. The number of rotatable bonds is 4. The Hall–Kier alpha value is -1.89. The summed E-state index contributed by atoms with van der Waals surface area (Å²) < 4.78 is 1.63. The fourth-order valence-electron chi connectivity index (χ4n) is 3.64. The van der Waals surface area contributed by atoms with E-state index in [4.69, 9.17) is 0 Å². The Morgan fingerprint density at radius 1 is 1.12 bits per heavy atom. The Labute approximate surface area is 149 Å². The van der Waals surface area contributed by atoms with Gasteiger partial charge in [-0.3, -0.25) is 19.2 Å². The molecule has 1 aromatic heterocycles. The quantitative estimate of drug-likeness (QED) is 0.883. The highest BCUT2D eigenvalue weighted by molar-refractivity contribution is 5.92. The highest BCUT2D eigenvalue weighted by atomic mass is 16.2. The summed E-state index contributed by atoms with van der Waals surface area (Å²) in [5, 5.41) is 7.19. The van der Waals surface area contributed by atoms with Gasteiger partial charge in [0.25, 0.3) is 5.91 Å². The number of hydrogen-bond donors (Lipinski definition) is 1. The molecular weight excluding hydrogens is 318 g/mol. The first kappa shape index (κ1) is 17.9. The number of likely N-dealkylation sites (tertiary alicyclic amines) is 2. The minimum Gasteiger partial charge on any atom is -0.348 e. The van der Waals surface area contributed by atoms with Crippen molar-refractivity contribution in [3.8, 4) is 0 Å². The summed E-state index contributed by atoms with van der Waals surface area (Å²) in [7, 11) is 1.80. The molecule has 7 nitrogen and oxygen atoms in total. The standard InChI is InChI=1S/C18H29N5O2/c1-21-11-8-16(20-21)18(25)19-15-6-12-22(13-7-15)14-17(24)23-9-4-2-3-5-10-23/h8,11,15H,2-7,9-10,12-14H2,1H3,(H,19,25). The van der Waals surface area contributed by atoms with Gasteiger partial charge in [-0.1, -0.05) is 12.8 Å². The molecule has 2 aliphatic heterocycles. The number of hydrogen-bond acceptors (Lipinski definition) is 4. The van der Waals surface area contributed by atoms with Crippen LogP contribution in [0.5, 0.6) is 0 Å². The number of nitrogens with one attached hydrogen (secondary N) is 1. The lowest BCUT2D eigenvalue weighted by atomic mass is 10.0. The van der Waals surface area contributed by atoms with Crippen LogP contribution >= 0.6 is 0 Å². The van der Waals surface area contributed by atoms with E-state index >= 15 is 0 Å². The molecule has 0 spiro atoms. The van der Waals surface area contributed by atoms with E-state index in [0.29, 0.717) is 12.2 Å². The van der Waals surface area contributed by atoms with Gasteiger partial charge in [-0.05, 0) is 31.7 Å². The number of piperidine rings is 1. The highest BCUT2D eigenvalue weighted by Gasteiger charge is 2.25. The second-order valence-corrected chi connectivity index (χ2v) is 7.19. The van der Waals surface area contributed by atoms with Crippen LogP contribution in [0.1, 0.15) is 49.0 Å². The zero-order chi connectivity index (χ0) is 17.6. The van der Waals surface area contributed by atoms with Gasteiger partial charge in [-0.2, -0.15) is 5.10 Å². The van der Waals surface area contributed by atoms with Gasteiger partial charge in [0.15, 0.2) is 0 Å². The average Bonchev–Trinajstić information content (AvgIpc) is 2.87. The van der Waals surface area contributed by atoms with Gasteiger partial charge in [0.05, 0.1) is 6.54 Å². The summed E-state index contributed by atoms with van der Waals surface area (Å²) in [5.74, 6) is 0.151. The van der Waals surface area contributed by atoms with Crippen LogP contribution in [0.2, 0.25) is 0 Å². The molecule has 3 heterocycles. The second kappa shape index (κ2) is 8.47. The predicted octanol–water partition coefficient (Wildman–Crippen LogP) is 1.02. The van der Waals surface area contributed by atoms with Crippen LogP contribution in [0.4, 0.5) is 0 Å². The van der Waals surface area contributed by atoms with Gasteiger partial charge in [-0.25, -0.2) is 0 Å². The van der Waals surface area contributed by atoms with Gasteiger partial charge in [-0.15, -0.1) is 0 Å². The van der Waals surface area contributed by atoms with Crippen molar-refractivity contribution in [3.05, 3.63) is 18.0 Å². The molecule has 0 aliphatic carbocycles. The van der Waals surface area contributed by atoms with Crippen molar-refractivity contribution in [1.82, 2.24) is 24.9 Å². The third kappa shape index (κ3) is 5.04. The maximum Gasteiger partial charge on any atom is 0.271 e. The van der Waals surface area contributed by atoms with Gasteiger partial charge in [0, 0.05) is 45.5 Å². The van der Waals surface area contributed by atoms with E-state index in [9.17, 15) is 9.59 Å². The van der Waals surface area contributed by atoms with Crippen LogP contribution in [-0.2, 0) is 11.8 Å². The van der Waals surface area contributed by atoms with Crippen molar-refractivity contribution in [3.63, 3.8) is 0 Å². The van der Waals surface area contributed by atoms with Gasteiger partial charge in [0.1, 0.15) is 5.69 Å². The third-order valence-electron chi connectivity index (χ3n) is 5.19. The molecule has 0 radical (unpaired) electrons. The Morgan fingerprint density at radius 2 is 1.80 bits per heavy atom. The number of carbonyl (C=O) groups is 2. The van der Waals surface area contributed by atoms with Crippen molar-refractivity contribution in [2.75, 3.05) is 32.7 Å². The van der Waals surface area contributed by atoms with Gasteiger partial charge >= 0.3 is 0 Å². The first-order valence-corrected chi connectivity index (χ1v) is 9.42. The largest absolute Gasteiger partial charge is 0.348 e. The van der Waals surface area contributed by atoms with Gasteiger partial charge < -0.3 is 10.2 Å². The lowest BCUT2D eigenvalue weighted by Gasteiger charge is -2.33. The molecule has 1 N–H and O–H groups in total. The van der Waals surface area contributed by atoms with Crippen LogP contribution < -0.4 is 5.32 Å². The second-order valence-electron chi connectivity index (χ2n) is 7.19. The Kier molecular flexibility index (Phi) is 6.07. The van der Waals surface area contributed by atoms with Crippen LogP contribution in [0.15, 0.2) is 12.3 Å². The summed E-state index contributed by atoms with van der Waals surface area (Å²) in [6.07, 6.45) is 8.28. The lowest BCUT2D eigenvalue weighted by molar-refractivity contribution is -0.132. The molecule has 2 amide bonds. The van der Waals surface area contributed by atoms with E-state index in [2.05, 4.69) is 15.3 Å². The van der Waals surface area contributed by atoms with E-state index in [0.717, 1.165) is 51.9 Å². The van der Waals surface area contributed by atoms with Crippen LogP contribution in [0.3, 0.4) is 0 Å². The minimum absolute atomic E-state index is 0.111. The monoisotopic (exact) mass is 347 g/mol. The number of nitrogens with zero attached hydrogens (tertiary/aromatic N) is 4. The average molecular weight is 347 g/mol. The normalized spacial score (nSPS) is 20.3. The maximum absolute atomic E-state index is 12.5. The molecule has 0 saturated carbocycles. The summed E-state index contributed by atoms with van der Waals surface area (Å²) in [4.78, 5) is 28.9. The summed E-state index contributed by atoms with van der Waals surface area (Å²) in [6, 6.07) is 1.89. The molecule has 0 unspecified atom stereocenters. The first-order valence-electron chi connectivity index (χ1n) is 9.42. The Balaban J connectivity index is 1.40. The molecule has 0 aromatic carbocycles. The van der Waals surface area contributed by atoms with Crippen molar-refractivity contribution in [2.24, 2.45) is 7.05 Å². The predicted molar refractivity (Wildman–Crippen MR) is 95.2 cm³/mol.